The van der Waals surface area contributed by atoms with Gasteiger partial charge in [-0.2, -0.15) is 4.98 Å². The number of fused-ring (bicyclic) bond motifs is 1. The quantitative estimate of drug-likeness (QED) is 0.870. The van der Waals surface area contributed by atoms with Crippen LogP contribution < -0.4 is 10.2 Å². The van der Waals surface area contributed by atoms with Crippen LogP contribution in [0.5, 0.6) is 0 Å². The topological polar surface area (TPSA) is 56.8 Å². The first kappa shape index (κ1) is 11.9. The van der Waals surface area contributed by atoms with Crippen molar-refractivity contribution in [3.05, 3.63) is 30.3 Å². The molecule has 2 atom stereocenters. The number of H-pyrrole nitrogens is 1. The lowest BCUT2D eigenvalue weighted by Crippen LogP contribution is -2.45. The van der Waals surface area contributed by atoms with Crippen molar-refractivity contribution in [1.82, 2.24) is 20.5 Å². The molecule has 0 amide bonds. The number of aromatic amines is 1. The summed E-state index contributed by atoms with van der Waals surface area (Å²) in [7, 11) is 0. The van der Waals surface area contributed by atoms with E-state index < -0.39 is 0 Å². The monoisotopic (exact) mass is 269 g/mol. The molecule has 0 bridgehead atoms. The van der Waals surface area contributed by atoms with Crippen LogP contribution in [-0.2, 0) is 0 Å². The molecule has 2 N–H and O–H groups in total. The predicted octanol–water partition coefficient (Wildman–Crippen LogP) is 1.66. The molecule has 3 heterocycles. The molecule has 1 aromatic carbocycles. The van der Waals surface area contributed by atoms with E-state index in [1.54, 1.807) is 0 Å². The zero-order valence-electron chi connectivity index (χ0n) is 11.4. The first-order valence-corrected chi connectivity index (χ1v) is 7.37. The molecule has 5 nitrogen and oxygen atoms in total. The van der Waals surface area contributed by atoms with Gasteiger partial charge in [0.2, 0.25) is 5.95 Å². The Hall–Kier alpha value is -1.88. The highest BCUT2D eigenvalue weighted by Gasteiger charge is 2.36. The molecule has 104 valence electrons. The van der Waals surface area contributed by atoms with Crippen molar-refractivity contribution < 1.29 is 0 Å². The van der Waals surface area contributed by atoms with Gasteiger partial charge in [-0.1, -0.05) is 30.3 Å². The van der Waals surface area contributed by atoms with E-state index in [-0.39, 0.29) is 0 Å². The molecule has 2 aliphatic rings. The molecule has 1 aromatic heterocycles. The van der Waals surface area contributed by atoms with Crippen molar-refractivity contribution in [3.8, 4) is 11.4 Å². The third kappa shape index (κ3) is 1.98. The standard InChI is InChI=1S/C15H19N5/c1-2-5-11(6-3-1)14-17-15(19-18-14)20-8-4-7-12-9-16-10-13(12)20/h1-3,5-6,12-13,16H,4,7-10H2,(H,17,18,19). The second-order valence-corrected chi connectivity index (χ2v) is 5.67. The van der Waals surface area contributed by atoms with Gasteiger partial charge < -0.3 is 10.2 Å². The third-order valence-electron chi connectivity index (χ3n) is 4.46. The molecule has 0 saturated carbocycles. The minimum absolute atomic E-state index is 0.558. The van der Waals surface area contributed by atoms with Crippen LogP contribution in [0.2, 0.25) is 0 Å². The Kier molecular flexibility index (Phi) is 2.92. The molecule has 20 heavy (non-hydrogen) atoms. The fourth-order valence-corrected chi connectivity index (χ4v) is 3.42. The van der Waals surface area contributed by atoms with Crippen LogP contribution in [0, 0.1) is 5.92 Å². The Morgan fingerprint density at radius 2 is 2.05 bits per heavy atom. The lowest BCUT2D eigenvalue weighted by Gasteiger charge is -2.36. The van der Waals surface area contributed by atoms with Crippen molar-refractivity contribution in [2.75, 3.05) is 24.5 Å². The highest BCUT2D eigenvalue weighted by Crippen LogP contribution is 2.29. The first-order chi connectivity index (χ1) is 9.92. The Morgan fingerprint density at radius 1 is 1.15 bits per heavy atom. The molecule has 0 radical (unpaired) electrons. The van der Waals surface area contributed by atoms with Crippen LogP contribution in [0.1, 0.15) is 12.8 Å². The van der Waals surface area contributed by atoms with Crippen LogP contribution in [0.15, 0.2) is 30.3 Å². The normalized spacial score (nSPS) is 25.7. The highest BCUT2D eigenvalue weighted by molar-refractivity contribution is 5.56. The summed E-state index contributed by atoms with van der Waals surface area (Å²) in [5.74, 6) is 2.46. The van der Waals surface area contributed by atoms with Crippen molar-refractivity contribution in [1.29, 1.82) is 0 Å². The summed E-state index contributed by atoms with van der Waals surface area (Å²) < 4.78 is 0. The number of hydrogen-bond acceptors (Lipinski definition) is 4. The SMILES string of the molecule is c1ccc(-c2nc(N3CCCC4CNCC43)n[nH]2)cc1. The van der Waals surface area contributed by atoms with E-state index >= 15 is 0 Å². The second-order valence-electron chi connectivity index (χ2n) is 5.67. The Labute approximate surface area is 118 Å². The summed E-state index contributed by atoms with van der Waals surface area (Å²) in [6, 6.07) is 10.7. The van der Waals surface area contributed by atoms with Crippen LogP contribution in [0.4, 0.5) is 5.95 Å². The minimum Gasteiger partial charge on any atom is -0.335 e. The molecule has 0 spiro atoms. The van der Waals surface area contributed by atoms with E-state index in [0.717, 1.165) is 42.9 Å². The maximum atomic E-state index is 4.70. The minimum atomic E-state index is 0.558. The molecule has 2 aliphatic heterocycles. The average molecular weight is 269 g/mol. The van der Waals surface area contributed by atoms with E-state index in [9.17, 15) is 0 Å². The van der Waals surface area contributed by atoms with Crippen LogP contribution in [-0.4, -0.2) is 40.9 Å². The summed E-state index contributed by atoms with van der Waals surface area (Å²) >= 11 is 0. The van der Waals surface area contributed by atoms with Gasteiger partial charge in [-0.15, -0.1) is 5.10 Å². The van der Waals surface area contributed by atoms with Crippen LogP contribution in [0.3, 0.4) is 0 Å². The van der Waals surface area contributed by atoms with Crippen LogP contribution >= 0.6 is 0 Å². The fourth-order valence-electron chi connectivity index (χ4n) is 3.42. The summed E-state index contributed by atoms with van der Waals surface area (Å²) in [6.45, 7) is 3.26. The second kappa shape index (κ2) is 4.90. The van der Waals surface area contributed by atoms with Gasteiger partial charge in [0, 0.05) is 31.2 Å². The maximum Gasteiger partial charge on any atom is 0.245 e. The number of rotatable bonds is 2. The van der Waals surface area contributed by atoms with Crippen molar-refractivity contribution in [2.45, 2.75) is 18.9 Å². The molecule has 2 fully saturated rings. The van der Waals surface area contributed by atoms with E-state index in [1.807, 2.05) is 18.2 Å². The number of anilines is 1. The molecular formula is C15H19N5. The van der Waals surface area contributed by atoms with E-state index in [2.05, 4.69) is 32.5 Å². The molecule has 5 heteroatoms. The lowest BCUT2D eigenvalue weighted by atomic mass is 9.92. The third-order valence-corrected chi connectivity index (χ3v) is 4.46. The van der Waals surface area contributed by atoms with E-state index in [0.29, 0.717) is 6.04 Å². The van der Waals surface area contributed by atoms with Gasteiger partial charge in [-0.05, 0) is 18.8 Å². The van der Waals surface area contributed by atoms with Crippen molar-refractivity contribution in [2.24, 2.45) is 5.92 Å². The predicted molar refractivity (Wildman–Crippen MR) is 78.5 cm³/mol. The largest absolute Gasteiger partial charge is 0.335 e. The number of piperidine rings is 1. The Bertz CT molecular complexity index is 579. The summed E-state index contributed by atoms with van der Waals surface area (Å²) in [4.78, 5) is 7.07. The summed E-state index contributed by atoms with van der Waals surface area (Å²) in [5, 5.41) is 11.0. The highest BCUT2D eigenvalue weighted by atomic mass is 15.4. The van der Waals surface area contributed by atoms with Gasteiger partial charge >= 0.3 is 0 Å². The molecule has 2 aromatic rings. The molecule has 2 saturated heterocycles. The number of benzene rings is 1. The molecule has 4 rings (SSSR count). The van der Waals surface area contributed by atoms with Crippen molar-refractivity contribution in [3.63, 3.8) is 0 Å². The van der Waals surface area contributed by atoms with Gasteiger partial charge in [-0.3, -0.25) is 5.10 Å². The van der Waals surface area contributed by atoms with Gasteiger partial charge in [0.25, 0.3) is 0 Å². The van der Waals surface area contributed by atoms with Crippen LogP contribution in [0.25, 0.3) is 11.4 Å². The molecule has 2 unspecified atom stereocenters. The van der Waals surface area contributed by atoms with E-state index in [4.69, 9.17) is 4.98 Å². The Balaban J connectivity index is 1.61. The van der Waals surface area contributed by atoms with Gasteiger partial charge in [0.1, 0.15) is 0 Å². The molecule has 0 aliphatic carbocycles. The van der Waals surface area contributed by atoms with Gasteiger partial charge in [-0.25, -0.2) is 0 Å². The summed E-state index contributed by atoms with van der Waals surface area (Å²) in [6.07, 6.45) is 2.56. The number of aromatic nitrogens is 3. The zero-order chi connectivity index (χ0) is 13.4. The van der Waals surface area contributed by atoms with Gasteiger partial charge in [0.15, 0.2) is 5.82 Å². The average Bonchev–Trinajstić information content (AvgIpc) is 3.17. The van der Waals surface area contributed by atoms with Crippen molar-refractivity contribution >= 4 is 5.95 Å². The van der Waals surface area contributed by atoms with Gasteiger partial charge in [0.05, 0.1) is 0 Å². The lowest BCUT2D eigenvalue weighted by molar-refractivity contribution is 0.381. The number of nitrogens with zero attached hydrogens (tertiary/aromatic N) is 3. The zero-order valence-corrected chi connectivity index (χ0v) is 11.4. The fraction of sp³-hybridized carbons (Fsp3) is 0.467. The Morgan fingerprint density at radius 3 is 2.95 bits per heavy atom. The maximum absolute atomic E-state index is 4.70. The number of hydrogen-bond donors (Lipinski definition) is 2. The van der Waals surface area contributed by atoms with E-state index in [1.165, 1.54) is 12.8 Å². The number of nitrogens with one attached hydrogen (secondary N) is 2. The summed E-state index contributed by atoms with van der Waals surface area (Å²) in [5.41, 5.74) is 1.09. The first-order valence-electron chi connectivity index (χ1n) is 7.37. The smallest absolute Gasteiger partial charge is 0.245 e. The molecular weight excluding hydrogens is 250 g/mol.